The zero-order valence-corrected chi connectivity index (χ0v) is 9.50. The van der Waals surface area contributed by atoms with E-state index in [1.807, 2.05) is 6.92 Å². The molecule has 1 rings (SSSR count). The maximum Gasteiger partial charge on any atom is 0.407 e. The van der Waals surface area contributed by atoms with Gasteiger partial charge in [-0.1, -0.05) is 6.92 Å². The number of thiophene rings is 1. The van der Waals surface area contributed by atoms with Crippen LogP contribution < -0.4 is 5.32 Å². The van der Waals surface area contributed by atoms with Crippen LogP contribution in [0.15, 0.2) is 11.4 Å². The molecule has 0 spiro atoms. The second kappa shape index (κ2) is 4.99. The summed E-state index contributed by atoms with van der Waals surface area (Å²) < 4.78 is 38.2. The van der Waals surface area contributed by atoms with E-state index in [2.05, 4.69) is 5.32 Å². The summed E-state index contributed by atoms with van der Waals surface area (Å²) in [7, 11) is 0. The summed E-state index contributed by atoms with van der Waals surface area (Å²) in [6, 6.07) is 0.0181. The highest BCUT2D eigenvalue weighted by atomic mass is 32.1. The van der Waals surface area contributed by atoms with Crippen molar-refractivity contribution in [2.24, 2.45) is 0 Å². The molecule has 1 N–H and O–H groups in total. The number of rotatable bonds is 4. The first-order valence-electron chi connectivity index (χ1n) is 4.81. The Morgan fingerprint density at radius 3 is 2.53 bits per heavy atom. The van der Waals surface area contributed by atoms with Gasteiger partial charge in [0.15, 0.2) is 0 Å². The monoisotopic (exact) mass is 237 g/mol. The molecular weight excluding hydrogens is 223 g/mol. The van der Waals surface area contributed by atoms with Gasteiger partial charge < -0.3 is 5.32 Å². The molecule has 1 nitrogen and oxygen atoms in total. The van der Waals surface area contributed by atoms with E-state index in [1.54, 1.807) is 18.4 Å². The lowest BCUT2D eigenvalue weighted by Crippen LogP contribution is -2.34. The Hall–Kier alpha value is -0.550. The molecule has 0 aliphatic heterocycles. The molecule has 5 heteroatoms. The number of nitrogens with one attached hydrogen (secondary N) is 1. The van der Waals surface area contributed by atoms with Crippen LogP contribution in [0.1, 0.15) is 29.8 Å². The lowest BCUT2D eigenvalue weighted by Gasteiger charge is -2.21. The Morgan fingerprint density at radius 2 is 2.13 bits per heavy atom. The number of hydrogen-bond donors (Lipinski definition) is 1. The van der Waals surface area contributed by atoms with Gasteiger partial charge in [0.2, 0.25) is 0 Å². The Kier molecular flexibility index (Phi) is 4.16. The molecule has 0 saturated carbocycles. The van der Waals surface area contributed by atoms with E-state index in [0.29, 0.717) is 18.5 Å². The quantitative estimate of drug-likeness (QED) is 0.842. The van der Waals surface area contributed by atoms with Gasteiger partial charge in [-0.25, -0.2) is 0 Å². The molecule has 1 aromatic heterocycles. The molecule has 86 valence electrons. The molecule has 0 bridgehead atoms. The van der Waals surface area contributed by atoms with Crippen molar-refractivity contribution in [1.29, 1.82) is 0 Å². The first-order chi connectivity index (χ1) is 6.96. The molecular formula is C10H14F3NS. The smallest absolute Gasteiger partial charge is 0.302 e. The second-order valence-electron chi connectivity index (χ2n) is 3.36. The number of alkyl halides is 3. The topological polar surface area (TPSA) is 12.0 Å². The molecule has 0 aliphatic carbocycles. The van der Waals surface area contributed by atoms with Crippen LogP contribution in [0.5, 0.6) is 0 Å². The molecule has 0 amide bonds. The van der Waals surface area contributed by atoms with Gasteiger partial charge in [0.25, 0.3) is 0 Å². The van der Waals surface area contributed by atoms with Gasteiger partial charge in [-0.2, -0.15) is 13.2 Å². The van der Waals surface area contributed by atoms with Crippen molar-refractivity contribution in [3.05, 3.63) is 21.9 Å². The minimum Gasteiger partial charge on any atom is -0.302 e. The first kappa shape index (κ1) is 12.5. The predicted octanol–water partition coefficient (Wildman–Crippen LogP) is 3.66. The van der Waals surface area contributed by atoms with E-state index >= 15 is 0 Å². The third-order valence-electron chi connectivity index (χ3n) is 2.14. The van der Waals surface area contributed by atoms with Crippen molar-refractivity contribution in [2.75, 3.05) is 6.54 Å². The van der Waals surface area contributed by atoms with E-state index in [9.17, 15) is 13.2 Å². The van der Waals surface area contributed by atoms with E-state index in [4.69, 9.17) is 0 Å². The normalized spacial score (nSPS) is 14.2. The van der Waals surface area contributed by atoms with Gasteiger partial charge in [0, 0.05) is 4.88 Å². The van der Waals surface area contributed by atoms with E-state index in [1.165, 1.54) is 11.3 Å². The maximum absolute atomic E-state index is 12.7. The highest BCUT2D eigenvalue weighted by Crippen LogP contribution is 2.35. The zero-order valence-electron chi connectivity index (χ0n) is 8.69. The van der Waals surface area contributed by atoms with Gasteiger partial charge in [0.1, 0.15) is 6.04 Å². The maximum atomic E-state index is 12.7. The third kappa shape index (κ3) is 3.21. The van der Waals surface area contributed by atoms with E-state index in [-0.39, 0.29) is 0 Å². The molecule has 15 heavy (non-hydrogen) atoms. The molecule has 1 aromatic rings. The fraction of sp³-hybridized carbons (Fsp3) is 0.600. The summed E-state index contributed by atoms with van der Waals surface area (Å²) in [5, 5.41) is 4.23. The van der Waals surface area contributed by atoms with Gasteiger partial charge in [0.05, 0.1) is 0 Å². The summed E-state index contributed by atoms with van der Waals surface area (Å²) >= 11 is 1.34. The highest BCUT2D eigenvalue weighted by molar-refractivity contribution is 7.10. The average molecular weight is 237 g/mol. The molecule has 1 heterocycles. The molecule has 0 aliphatic rings. The van der Waals surface area contributed by atoms with Gasteiger partial charge >= 0.3 is 6.18 Å². The average Bonchev–Trinajstić information content (AvgIpc) is 2.51. The van der Waals surface area contributed by atoms with Crippen molar-refractivity contribution in [3.63, 3.8) is 0 Å². The Bertz CT molecular complexity index is 306. The Balaban J connectivity index is 2.87. The minimum atomic E-state index is -4.22. The standard InChI is InChI=1S/C10H14F3NS/c1-3-5-14-9(10(11,12)13)8-4-6-15-7(8)2/h4,6,9,14H,3,5H2,1-2H3. The largest absolute Gasteiger partial charge is 0.407 e. The summed E-state index contributed by atoms with van der Waals surface area (Å²) in [5.41, 5.74) is 0.348. The number of hydrogen-bond acceptors (Lipinski definition) is 2. The lowest BCUT2D eigenvalue weighted by atomic mass is 10.1. The van der Waals surface area contributed by atoms with Crippen LogP contribution in [0.2, 0.25) is 0 Å². The lowest BCUT2D eigenvalue weighted by molar-refractivity contribution is -0.157. The SMILES string of the molecule is CCCNC(c1ccsc1C)C(F)(F)F. The zero-order chi connectivity index (χ0) is 11.5. The summed E-state index contributed by atoms with van der Waals surface area (Å²) in [6.45, 7) is 3.94. The second-order valence-corrected chi connectivity index (χ2v) is 4.48. The fourth-order valence-electron chi connectivity index (χ4n) is 1.38. The van der Waals surface area contributed by atoms with Crippen molar-refractivity contribution < 1.29 is 13.2 Å². The van der Waals surface area contributed by atoms with E-state index in [0.717, 1.165) is 4.88 Å². The minimum absolute atomic E-state index is 0.348. The van der Waals surface area contributed by atoms with Crippen LogP contribution >= 0.6 is 11.3 Å². The molecule has 0 radical (unpaired) electrons. The summed E-state index contributed by atoms with van der Waals surface area (Å²) in [5.74, 6) is 0. The van der Waals surface area contributed by atoms with E-state index < -0.39 is 12.2 Å². The Labute approximate surface area is 91.3 Å². The van der Waals surface area contributed by atoms with Crippen LogP contribution in [0.4, 0.5) is 13.2 Å². The molecule has 1 atom stereocenters. The highest BCUT2D eigenvalue weighted by Gasteiger charge is 2.41. The molecule has 0 aromatic carbocycles. The van der Waals surface area contributed by atoms with Crippen molar-refractivity contribution >= 4 is 11.3 Å². The van der Waals surface area contributed by atoms with Crippen LogP contribution in [0.25, 0.3) is 0 Å². The number of aryl methyl sites for hydroxylation is 1. The molecule has 0 saturated heterocycles. The third-order valence-corrected chi connectivity index (χ3v) is 3.00. The Morgan fingerprint density at radius 1 is 1.47 bits per heavy atom. The molecule has 1 unspecified atom stereocenters. The van der Waals surface area contributed by atoms with Gasteiger partial charge in [-0.05, 0) is 36.9 Å². The van der Waals surface area contributed by atoms with Crippen molar-refractivity contribution in [3.8, 4) is 0 Å². The predicted molar refractivity (Wildman–Crippen MR) is 56.1 cm³/mol. The van der Waals surface area contributed by atoms with Crippen LogP contribution in [0.3, 0.4) is 0 Å². The fourth-order valence-corrected chi connectivity index (χ4v) is 2.13. The van der Waals surface area contributed by atoms with Crippen LogP contribution in [-0.2, 0) is 0 Å². The van der Waals surface area contributed by atoms with Crippen molar-refractivity contribution in [1.82, 2.24) is 5.32 Å². The van der Waals surface area contributed by atoms with Crippen LogP contribution in [0, 0.1) is 6.92 Å². The molecule has 0 fully saturated rings. The van der Waals surface area contributed by atoms with Crippen molar-refractivity contribution in [2.45, 2.75) is 32.5 Å². The van der Waals surface area contributed by atoms with Gasteiger partial charge in [-0.3, -0.25) is 0 Å². The van der Waals surface area contributed by atoms with Gasteiger partial charge in [-0.15, -0.1) is 11.3 Å². The van der Waals surface area contributed by atoms with Crippen LogP contribution in [-0.4, -0.2) is 12.7 Å². The number of halogens is 3. The summed E-state index contributed by atoms with van der Waals surface area (Å²) in [4.78, 5) is 0.723. The summed E-state index contributed by atoms with van der Waals surface area (Å²) in [6.07, 6.45) is -3.53. The first-order valence-corrected chi connectivity index (χ1v) is 5.69.